The summed E-state index contributed by atoms with van der Waals surface area (Å²) in [5.41, 5.74) is -2.44. The first-order valence-corrected chi connectivity index (χ1v) is 10.6. The van der Waals surface area contributed by atoms with Crippen LogP contribution in [0.25, 0.3) is 0 Å². The van der Waals surface area contributed by atoms with Crippen molar-refractivity contribution in [3.63, 3.8) is 0 Å². The van der Waals surface area contributed by atoms with E-state index in [0.29, 0.717) is 25.9 Å². The Balaban J connectivity index is 3.52. The molecular weight excluding hydrogens is 358 g/mol. The Bertz CT molecular complexity index is 550. The van der Waals surface area contributed by atoms with Gasteiger partial charge in [0.1, 0.15) is 5.60 Å². The second-order valence-electron chi connectivity index (χ2n) is 8.96. The van der Waals surface area contributed by atoms with Crippen LogP contribution in [0.4, 0.5) is 0 Å². The second-order valence-corrected chi connectivity index (χ2v) is 8.96. The van der Waals surface area contributed by atoms with Crippen molar-refractivity contribution < 1.29 is 19.1 Å². The van der Waals surface area contributed by atoms with Gasteiger partial charge in [0, 0.05) is 13.1 Å². The van der Waals surface area contributed by atoms with Crippen molar-refractivity contribution in [1.29, 1.82) is 0 Å². The standard InChI is InChI=1S/C21H39N3O4/c1-8-13-24(17(25)16-11-10-12-23-16)21(14-15(3)4,18(26)22-9-2)19(27)28-20(5,6)7/h15-16,23H,8-14H2,1-7H3,(H,22,26)/t16-,21-/m0/s1. The van der Waals surface area contributed by atoms with Crippen LogP contribution in [0.1, 0.15) is 74.1 Å². The van der Waals surface area contributed by atoms with Crippen LogP contribution < -0.4 is 10.6 Å². The molecule has 1 saturated heterocycles. The maximum atomic E-state index is 13.5. The van der Waals surface area contributed by atoms with Gasteiger partial charge in [-0.2, -0.15) is 0 Å². The molecule has 162 valence electrons. The summed E-state index contributed by atoms with van der Waals surface area (Å²) < 4.78 is 5.70. The first kappa shape index (κ1) is 24.4. The highest BCUT2D eigenvalue weighted by Gasteiger charge is 2.55. The number of hydrogen-bond donors (Lipinski definition) is 2. The van der Waals surface area contributed by atoms with E-state index in [4.69, 9.17) is 4.74 Å². The Labute approximate surface area is 169 Å². The van der Waals surface area contributed by atoms with Gasteiger partial charge < -0.3 is 20.3 Å². The Kier molecular flexibility index (Phi) is 8.92. The highest BCUT2D eigenvalue weighted by molar-refractivity contribution is 6.10. The molecule has 0 aromatic rings. The first-order valence-electron chi connectivity index (χ1n) is 10.6. The molecule has 0 saturated carbocycles. The van der Waals surface area contributed by atoms with E-state index in [2.05, 4.69) is 10.6 Å². The lowest BCUT2D eigenvalue weighted by Gasteiger charge is -2.43. The molecular formula is C21H39N3O4. The molecule has 7 heteroatoms. The summed E-state index contributed by atoms with van der Waals surface area (Å²) in [4.78, 5) is 41.7. The van der Waals surface area contributed by atoms with E-state index in [0.717, 1.165) is 13.0 Å². The lowest BCUT2D eigenvalue weighted by Crippen LogP contribution is -2.68. The summed E-state index contributed by atoms with van der Waals surface area (Å²) in [7, 11) is 0. The number of nitrogens with zero attached hydrogens (tertiary/aromatic N) is 1. The molecule has 7 nitrogen and oxygen atoms in total. The van der Waals surface area contributed by atoms with Crippen molar-refractivity contribution in [3.05, 3.63) is 0 Å². The van der Waals surface area contributed by atoms with E-state index in [9.17, 15) is 14.4 Å². The van der Waals surface area contributed by atoms with E-state index in [1.54, 1.807) is 27.7 Å². The lowest BCUT2D eigenvalue weighted by atomic mass is 9.84. The predicted octanol–water partition coefficient (Wildman–Crippen LogP) is 2.24. The number of nitrogens with one attached hydrogen (secondary N) is 2. The van der Waals surface area contributed by atoms with E-state index in [1.807, 2.05) is 20.8 Å². The van der Waals surface area contributed by atoms with Crippen LogP contribution in [-0.2, 0) is 19.1 Å². The van der Waals surface area contributed by atoms with Crippen LogP contribution in [0.5, 0.6) is 0 Å². The van der Waals surface area contributed by atoms with E-state index in [1.165, 1.54) is 4.90 Å². The maximum Gasteiger partial charge on any atom is 0.342 e. The molecule has 2 N–H and O–H groups in total. The van der Waals surface area contributed by atoms with Gasteiger partial charge in [-0.25, -0.2) is 4.79 Å². The van der Waals surface area contributed by atoms with Gasteiger partial charge in [0.15, 0.2) is 0 Å². The van der Waals surface area contributed by atoms with Gasteiger partial charge in [0.05, 0.1) is 6.04 Å². The summed E-state index contributed by atoms with van der Waals surface area (Å²) in [6.07, 6.45) is 2.47. The average Bonchev–Trinajstić information content (AvgIpc) is 3.10. The minimum atomic E-state index is -1.67. The summed E-state index contributed by atoms with van der Waals surface area (Å²) in [6.45, 7) is 14.4. The molecule has 0 aromatic heterocycles. The number of likely N-dealkylation sites (N-methyl/N-ethyl adjacent to an activating group) is 1. The van der Waals surface area contributed by atoms with Crippen LogP contribution in [-0.4, -0.2) is 59.5 Å². The van der Waals surface area contributed by atoms with Gasteiger partial charge in [-0.3, -0.25) is 9.59 Å². The van der Waals surface area contributed by atoms with Crippen molar-refractivity contribution in [3.8, 4) is 0 Å². The zero-order valence-corrected chi connectivity index (χ0v) is 18.7. The number of esters is 1. The zero-order valence-electron chi connectivity index (χ0n) is 18.7. The van der Waals surface area contributed by atoms with Crippen molar-refractivity contribution in [2.45, 2.75) is 91.3 Å². The molecule has 0 unspecified atom stereocenters. The molecule has 0 aromatic carbocycles. The molecule has 28 heavy (non-hydrogen) atoms. The minimum Gasteiger partial charge on any atom is -0.458 e. The number of amides is 2. The third-order valence-corrected chi connectivity index (χ3v) is 4.69. The van der Waals surface area contributed by atoms with Crippen LogP contribution in [0.3, 0.4) is 0 Å². The fraction of sp³-hybridized carbons (Fsp3) is 0.857. The second kappa shape index (κ2) is 10.2. The smallest absolute Gasteiger partial charge is 0.342 e. The van der Waals surface area contributed by atoms with Crippen molar-refractivity contribution >= 4 is 17.8 Å². The van der Waals surface area contributed by atoms with Gasteiger partial charge >= 0.3 is 5.97 Å². The molecule has 1 heterocycles. The molecule has 0 radical (unpaired) electrons. The quantitative estimate of drug-likeness (QED) is 0.460. The average molecular weight is 398 g/mol. The van der Waals surface area contributed by atoms with Crippen LogP contribution in [0.15, 0.2) is 0 Å². The molecule has 0 aliphatic carbocycles. The molecule has 2 atom stereocenters. The fourth-order valence-electron chi connectivity index (χ4n) is 3.67. The number of rotatable bonds is 9. The number of hydrogen-bond acceptors (Lipinski definition) is 5. The van der Waals surface area contributed by atoms with E-state index >= 15 is 0 Å². The lowest BCUT2D eigenvalue weighted by molar-refractivity contribution is -0.179. The Morgan fingerprint density at radius 2 is 1.86 bits per heavy atom. The SMILES string of the molecule is CCCN(C(=O)[C@@H]1CCCN1)[C@@](CC(C)C)(C(=O)NCC)C(=O)OC(C)(C)C. The first-order chi connectivity index (χ1) is 13.0. The molecule has 0 bridgehead atoms. The molecule has 1 aliphatic rings. The molecule has 0 spiro atoms. The third kappa shape index (κ3) is 5.93. The van der Waals surface area contributed by atoms with Gasteiger partial charge in [-0.15, -0.1) is 0 Å². The Hall–Kier alpha value is -1.63. The van der Waals surface area contributed by atoms with Gasteiger partial charge in [-0.05, 0) is 65.8 Å². The summed E-state index contributed by atoms with van der Waals surface area (Å²) in [5, 5.41) is 5.99. The zero-order chi connectivity index (χ0) is 21.5. The molecule has 1 fully saturated rings. The molecule has 1 rings (SSSR count). The van der Waals surface area contributed by atoms with Gasteiger partial charge in [-0.1, -0.05) is 20.8 Å². The Morgan fingerprint density at radius 3 is 2.29 bits per heavy atom. The predicted molar refractivity (Wildman–Crippen MR) is 110 cm³/mol. The number of carbonyl (C=O) groups is 3. The highest BCUT2D eigenvalue weighted by atomic mass is 16.6. The number of carbonyl (C=O) groups excluding carboxylic acids is 3. The number of ether oxygens (including phenoxy) is 1. The van der Waals surface area contributed by atoms with Gasteiger partial charge in [0.2, 0.25) is 11.4 Å². The largest absolute Gasteiger partial charge is 0.458 e. The van der Waals surface area contributed by atoms with Crippen molar-refractivity contribution in [2.75, 3.05) is 19.6 Å². The molecule has 2 amide bonds. The summed E-state index contributed by atoms with van der Waals surface area (Å²) >= 11 is 0. The van der Waals surface area contributed by atoms with Crippen molar-refractivity contribution in [1.82, 2.24) is 15.5 Å². The summed E-state index contributed by atoms with van der Waals surface area (Å²) in [6, 6.07) is -0.366. The topological polar surface area (TPSA) is 87.7 Å². The molecule has 1 aliphatic heterocycles. The van der Waals surface area contributed by atoms with Crippen LogP contribution >= 0.6 is 0 Å². The van der Waals surface area contributed by atoms with E-state index < -0.39 is 23.0 Å². The third-order valence-electron chi connectivity index (χ3n) is 4.69. The minimum absolute atomic E-state index is 0.0128. The highest BCUT2D eigenvalue weighted by Crippen LogP contribution is 2.31. The summed E-state index contributed by atoms with van der Waals surface area (Å²) in [5.74, 6) is -1.30. The maximum absolute atomic E-state index is 13.5. The monoisotopic (exact) mass is 397 g/mol. The van der Waals surface area contributed by atoms with Crippen LogP contribution in [0, 0.1) is 5.92 Å². The fourth-order valence-corrected chi connectivity index (χ4v) is 3.67. The van der Waals surface area contributed by atoms with E-state index in [-0.39, 0.29) is 24.3 Å². The van der Waals surface area contributed by atoms with Crippen LogP contribution in [0.2, 0.25) is 0 Å². The normalized spacial score (nSPS) is 19.2. The van der Waals surface area contributed by atoms with Gasteiger partial charge in [0.25, 0.3) is 5.91 Å². The van der Waals surface area contributed by atoms with Crippen molar-refractivity contribution in [2.24, 2.45) is 5.92 Å². The Morgan fingerprint density at radius 1 is 1.21 bits per heavy atom.